The van der Waals surface area contributed by atoms with Gasteiger partial charge in [-0.3, -0.25) is 9.78 Å². The summed E-state index contributed by atoms with van der Waals surface area (Å²) in [5.74, 6) is 0.261. The lowest BCUT2D eigenvalue weighted by Gasteiger charge is -2.20. The van der Waals surface area contributed by atoms with Crippen LogP contribution in [0.4, 0.5) is 0 Å². The third-order valence-corrected chi connectivity index (χ3v) is 2.65. The van der Waals surface area contributed by atoms with E-state index in [1.54, 1.807) is 6.20 Å². The summed E-state index contributed by atoms with van der Waals surface area (Å²) in [6, 6.07) is 0. The standard InChI is InChI=1S/C9H11ClN2O2/c10-9-11-5-7(8(13)12-9)6-1-3-14-4-2-6/h5-6H,1-4H2,(H,11,12,13). The number of nitrogens with zero attached hydrogens (tertiary/aromatic N) is 1. The van der Waals surface area contributed by atoms with Gasteiger partial charge in [0.05, 0.1) is 0 Å². The first kappa shape index (κ1) is 9.68. The van der Waals surface area contributed by atoms with Crippen molar-refractivity contribution < 1.29 is 4.74 Å². The Morgan fingerprint density at radius 3 is 2.86 bits per heavy atom. The lowest BCUT2D eigenvalue weighted by atomic mass is 9.94. The average Bonchev–Trinajstić information content (AvgIpc) is 2.19. The molecule has 0 spiro atoms. The number of hydrogen-bond donors (Lipinski definition) is 1. The normalized spacial score (nSPS) is 18.4. The largest absolute Gasteiger partial charge is 0.381 e. The van der Waals surface area contributed by atoms with Gasteiger partial charge in [-0.15, -0.1) is 0 Å². The van der Waals surface area contributed by atoms with Gasteiger partial charge in [-0.1, -0.05) is 0 Å². The second kappa shape index (κ2) is 4.11. The van der Waals surface area contributed by atoms with E-state index < -0.39 is 0 Å². The first-order chi connectivity index (χ1) is 6.77. The Kier molecular flexibility index (Phi) is 2.84. The number of hydrogen-bond acceptors (Lipinski definition) is 3. The van der Waals surface area contributed by atoms with Crippen molar-refractivity contribution >= 4 is 11.6 Å². The smallest absolute Gasteiger partial charge is 0.255 e. The number of aromatic amines is 1. The molecule has 1 aromatic heterocycles. The van der Waals surface area contributed by atoms with Gasteiger partial charge in [0.2, 0.25) is 5.28 Å². The molecule has 0 atom stereocenters. The molecule has 1 saturated heterocycles. The molecule has 0 aromatic carbocycles. The molecule has 0 bridgehead atoms. The Hall–Kier alpha value is -0.870. The Balaban J connectivity index is 2.26. The summed E-state index contributed by atoms with van der Waals surface area (Å²) in [4.78, 5) is 17.9. The highest BCUT2D eigenvalue weighted by molar-refractivity contribution is 6.28. The van der Waals surface area contributed by atoms with Gasteiger partial charge in [0.1, 0.15) is 0 Å². The predicted octanol–water partition coefficient (Wildman–Crippen LogP) is 1.32. The van der Waals surface area contributed by atoms with E-state index in [1.165, 1.54) is 0 Å². The number of ether oxygens (including phenoxy) is 1. The third kappa shape index (κ3) is 1.96. The quantitative estimate of drug-likeness (QED) is 0.718. The van der Waals surface area contributed by atoms with E-state index in [0.29, 0.717) is 13.2 Å². The predicted molar refractivity (Wildman–Crippen MR) is 52.7 cm³/mol. The van der Waals surface area contributed by atoms with Crippen molar-refractivity contribution in [1.82, 2.24) is 9.97 Å². The van der Waals surface area contributed by atoms with E-state index in [-0.39, 0.29) is 16.8 Å². The van der Waals surface area contributed by atoms with Crippen LogP contribution in [-0.2, 0) is 4.74 Å². The molecule has 1 N–H and O–H groups in total. The zero-order valence-corrected chi connectivity index (χ0v) is 8.38. The first-order valence-electron chi connectivity index (χ1n) is 4.60. The van der Waals surface area contributed by atoms with Gasteiger partial charge in [0, 0.05) is 25.0 Å². The number of aromatic nitrogens is 2. The van der Waals surface area contributed by atoms with Crippen molar-refractivity contribution in [2.24, 2.45) is 0 Å². The summed E-state index contributed by atoms with van der Waals surface area (Å²) >= 11 is 5.56. The van der Waals surface area contributed by atoms with E-state index >= 15 is 0 Å². The van der Waals surface area contributed by atoms with Crippen molar-refractivity contribution in [1.29, 1.82) is 0 Å². The van der Waals surface area contributed by atoms with E-state index in [9.17, 15) is 4.79 Å². The number of nitrogens with one attached hydrogen (secondary N) is 1. The molecule has 5 heteroatoms. The molecular formula is C9H11ClN2O2. The molecule has 14 heavy (non-hydrogen) atoms. The number of H-pyrrole nitrogens is 1. The first-order valence-corrected chi connectivity index (χ1v) is 4.97. The summed E-state index contributed by atoms with van der Waals surface area (Å²) in [6.45, 7) is 1.43. The third-order valence-electron chi connectivity index (χ3n) is 2.46. The van der Waals surface area contributed by atoms with E-state index in [2.05, 4.69) is 9.97 Å². The summed E-state index contributed by atoms with van der Waals surface area (Å²) in [5.41, 5.74) is 0.592. The van der Waals surface area contributed by atoms with Gasteiger partial charge in [0.25, 0.3) is 5.56 Å². The lowest BCUT2D eigenvalue weighted by molar-refractivity contribution is 0.0850. The van der Waals surface area contributed by atoms with Gasteiger partial charge in [-0.05, 0) is 30.4 Å². The number of halogens is 1. The fourth-order valence-electron chi connectivity index (χ4n) is 1.68. The summed E-state index contributed by atoms with van der Waals surface area (Å²) in [5, 5.41) is 0.144. The molecule has 1 fully saturated rings. The van der Waals surface area contributed by atoms with Crippen LogP contribution in [0.25, 0.3) is 0 Å². The fourth-order valence-corrected chi connectivity index (χ4v) is 1.82. The van der Waals surface area contributed by atoms with Crippen molar-refractivity contribution in [3.8, 4) is 0 Å². The Morgan fingerprint density at radius 1 is 1.50 bits per heavy atom. The minimum Gasteiger partial charge on any atom is -0.381 e. The second-order valence-electron chi connectivity index (χ2n) is 3.35. The van der Waals surface area contributed by atoms with Gasteiger partial charge in [-0.25, -0.2) is 4.98 Å². The van der Waals surface area contributed by atoms with Crippen molar-refractivity contribution in [2.45, 2.75) is 18.8 Å². The van der Waals surface area contributed by atoms with Gasteiger partial charge >= 0.3 is 0 Å². The topological polar surface area (TPSA) is 55.0 Å². The SMILES string of the molecule is O=c1[nH]c(Cl)ncc1C1CCOCC1. The van der Waals surface area contributed by atoms with Crippen LogP contribution in [0.1, 0.15) is 24.3 Å². The minimum absolute atomic E-state index is 0.128. The van der Waals surface area contributed by atoms with Crippen molar-refractivity contribution in [3.63, 3.8) is 0 Å². The Bertz CT molecular complexity index is 371. The molecule has 0 aliphatic carbocycles. The van der Waals surface area contributed by atoms with Gasteiger partial charge in [-0.2, -0.15) is 0 Å². The molecular weight excluding hydrogens is 204 g/mol. The van der Waals surface area contributed by atoms with Crippen molar-refractivity contribution in [3.05, 3.63) is 27.4 Å². The monoisotopic (exact) mass is 214 g/mol. The molecule has 2 heterocycles. The second-order valence-corrected chi connectivity index (χ2v) is 3.70. The van der Waals surface area contributed by atoms with E-state index in [0.717, 1.165) is 18.4 Å². The van der Waals surface area contributed by atoms with Crippen LogP contribution in [-0.4, -0.2) is 23.2 Å². The molecule has 0 amide bonds. The molecule has 0 saturated carbocycles. The maximum absolute atomic E-state index is 11.5. The van der Waals surface area contributed by atoms with Gasteiger partial charge < -0.3 is 4.74 Å². The highest BCUT2D eigenvalue weighted by Gasteiger charge is 2.18. The number of rotatable bonds is 1. The van der Waals surface area contributed by atoms with Crippen LogP contribution in [0.3, 0.4) is 0 Å². The molecule has 76 valence electrons. The molecule has 1 aliphatic heterocycles. The van der Waals surface area contributed by atoms with E-state index in [4.69, 9.17) is 16.3 Å². The Labute approximate surface area is 86.3 Å². The van der Waals surface area contributed by atoms with Crippen LogP contribution in [0, 0.1) is 0 Å². The summed E-state index contributed by atoms with van der Waals surface area (Å²) in [7, 11) is 0. The highest BCUT2D eigenvalue weighted by Crippen LogP contribution is 2.23. The maximum atomic E-state index is 11.5. The van der Waals surface area contributed by atoms with Gasteiger partial charge in [0.15, 0.2) is 0 Å². The molecule has 2 rings (SSSR count). The highest BCUT2D eigenvalue weighted by atomic mass is 35.5. The van der Waals surface area contributed by atoms with Crippen LogP contribution in [0.2, 0.25) is 5.28 Å². The van der Waals surface area contributed by atoms with Crippen molar-refractivity contribution in [2.75, 3.05) is 13.2 Å². The van der Waals surface area contributed by atoms with Crippen LogP contribution >= 0.6 is 11.6 Å². The Morgan fingerprint density at radius 2 is 2.21 bits per heavy atom. The fraction of sp³-hybridized carbons (Fsp3) is 0.556. The zero-order valence-electron chi connectivity index (χ0n) is 7.62. The molecule has 4 nitrogen and oxygen atoms in total. The van der Waals surface area contributed by atoms with Crippen LogP contribution in [0.15, 0.2) is 11.0 Å². The summed E-state index contributed by atoms with van der Waals surface area (Å²) in [6.07, 6.45) is 3.33. The molecule has 0 unspecified atom stereocenters. The van der Waals surface area contributed by atoms with Crippen LogP contribution < -0.4 is 5.56 Å². The minimum atomic E-state index is -0.128. The average molecular weight is 215 g/mol. The molecule has 1 aromatic rings. The molecule has 1 aliphatic rings. The zero-order chi connectivity index (χ0) is 9.97. The lowest BCUT2D eigenvalue weighted by Crippen LogP contribution is -2.22. The van der Waals surface area contributed by atoms with E-state index in [1.807, 2.05) is 0 Å². The summed E-state index contributed by atoms with van der Waals surface area (Å²) < 4.78 is 5.23. The maximum Gasteiger partial charge on any atom is 0.255 e. The molecule has 0 radical (unpaired) electrons. The van der Waals surface area contributed by atoms with Crippen LogP contribution in [0.5, 0.6) is 0 Å².